The lowest BCUT2D eigenvalue weighted by Gasteiger charge is -2.06. The largest absolute Gasteiger partial charge is 0.462 e. The van der Waals surface area contributed by atoms with Crippen LogP contribution < -0.4 is 5.73 Å². The minimum Gasteiger partial charge on any atom is -0.462 e. The number of benzene rings is 1. The van der Waals surface area contributed by atoms with Gasteiger partial charge in [-0.1, -0.05) is 30.3 Å². The van der Waals surface area contributed by atoms with E-state index in [1.165, 1.54) is 16.4 Å². The zero-order valence-corrected chi connectivity index (χ0v) is 13.2. The summed E-state index contributed by atoms with van der Waals surface area (Å²) in [5.74, 6) is -0.815. The molecule has 1 aromatic carbocycles. The Balaban J connectivity index is 2.33. The number of aromatic nitrogens is 2. The average molecular weight is 319 g/mol. The molecule has 2 rings (SSSR count). The summed E-state index contributed by atoms with van der Waals surface area (Å²) in [4.78, 5) is 24.4. The Kier molecular flexibility index (Phi) is 5.21. The van der Waals surface area contributed by atoms with Crippen LogP contribution in [0.1, 0.15) is 27.6 Å². The van der Waals surface area contributed by atoms with Crippen molar-refractivity contribution in [2.75, 3.05) is 18.6 Å². The molecule has 0 radical (unpaired) electrons. The molecule has 0 aliphatic heterocycles. The summed E-state index contributed by atoms with van der Waals surface area (Å²) in [5.41, 5.74) is 6.80. The molecule has 0 unspecified atom stereocenters. The van der Waals surface area contributed by atoms with Crippen LogP contribution in [0.3, 0.4) is 0 Å². The highest BCUT2D eigenvalue weighted by Gasteiger charge is 2.25. The maximum absolute atomic E-state index is 12.4. The molecular formula is C15H17N3O3S. The summed E-state index contributed by atoms with van der Waals surface area (Å²) in [6, 6.07) is 9.32. The first-order valence-electron chi connectivity index (χ1n) is 6.75. The van der Waals surface area contributed by atoms with Crippen molar-refractivity contribution in [1.82, 2.24) is 9.78 Å². The molecule has 0 fully saturated rings. The predicted molar refractivity (Wildman–Crippen MR) is 85.1 cm³/mol. The zero-order valence-electron chi connectivity index (χ0n) is 12.4. The number of hydrogen-bond donors (Lipinski definition) is 1. The van der Waals surface area contributed by atoms with Gasteiger partial charge in [-0.15, -0.1) is 16.9 Å². The summed E-state index contributed by atoms with van der Waals surface area (Å²) in [7, 11) is 0. The molecule has 0 saturated carbocycles. The van der Waals surface area contributed by atoms with Crippen molar-refractivity contribution in [1.29, 1.82) is 0 Å². The molecule has 0 aliphatic carbocycles. The van der Waals surface area contributed by atoms with Crippen LogP contribution in [0.2, 0.25) is 0 Å². The van der Waals surface area contributed by atoms with E-state index in [4.69, 9.17) is 10.5 Å². The lowest BCUT2D eigenvalue weighted by molar-refractivity contribution is 0.0523. The Hall–Kier alpha value is -2.28. The molecule has 7 heteroatoms. The van der Waals surface area contributed by atoms with E-state index >= 15 is 0 Å². The van der Waals surface area contributed by atoms with Crippen molar-refractivity contribution in [3.8, 4) is 0 Å². The van der Waals surface area contributed by atoms with Crippen molar-refractivity contribution in [3.05, 3.63) is 41.5 Å². The van der Waals surface area contributed by atoms with Crippen LogP contribution in [0, 0.1) is 0 Å². The molecular weight excluding hydrogens is 302 g/mol. The van der Waals surface area contributed by atoms with Gasteiger partial charge in [-0.2, -0.15) is 4.68 Å². The third-order valence-corrected chi connectivity index (χ3v) is 3.74. The van der Waals surface area contributed by atoms with Crippen molar-refractivity contribution in [2.24, 2.45) is 0 Å². The fourth-order valence-electron chi connectivity index (χ4n) is 2.02. The number of nitrogens with zero attached hydrogens (tertiary/aromatic N) is 2. The quantitative estimate of drug-likeness (QED) is 0.672. The lowest BCUT2D eigenvalue weighted by atomic mass is 10.1. The van der Waals surface area contributed by atoms with Crippen LogP contribution in [0.15, 0.2) is 35.4 Å². The number of nitrogen functional groups attached to an aromatic ring is 1. The average Bonchev–Trinajstić information content (AvgIpc) is 2.85. The Morgan fingerprint density at radius 2 is 2.00 bits per heavy atom. The monoisotopic (exact) mass is 319 g/mol. The van der Waals surface area contributed by atoms with Gasteiger partial charge in [0, 0.05) is 0 Å². The molecule has 116 valence electrons. The number of rotatable bonds is 5. The second kappa shape index (κ2) is 7.13. The molecule has 0 atom stereocenters. The number of carbonyl (C=O) groups excluding carboxylic acids is 2. The molecule has 0 saturated heterocycles. The van der Waals surface area contributed by atoms with Crippen molar-refractivity contribution in [3.63, 3.8) is 0 Å². The van der Waals surface area contributed by atoms with Crippen LogP contribution in [-0.4, -0.2) is 34.5 Å². The molecule has 0 amide bonds. The van der Waals surface area contributed by atoms with Gasteiger partial charge in [0.1, 0.15) is 10.6 Å². The number of thioether (sulfide) groups is 1. The third-order valence-electron chi connectivity index (χ3n) is 2.98. The first-order valence-corrected chi connectivity index (χ1v) is 7.97. The first kappa shape index (κ1) is 16.1. The van der Waals surface area contributed by atoms with Gasteiger partial charge in [-0.25, -0.2) is 4.79 Å². The van der Waals surface area contributed by atoms with E-state index in [1.807, 2.05) is 30.3 Å². The molecule has 0 spiro atoms. The van der Waals surface area contributed by atoms with Gasteiger partial charge < -0.3 is 10.5 Å². The van der Waals surface area contributed by atoms with E-state index in [1.54, 1.807) is 13.2 Å². The maximum Gasteiger partial charge on any atom is 0.344 e. The summed E-state index contributed by atoms with van der Waals surface area (Å²) < 4.78 is 6.15. The van der Waals surface area contributed by atoms with Crippen LogP contribution in [-0.2, 0) is 11.2 Å². The van der Waals surface area contributed by atoms with Gasteiger partial charge in [0.15, 0.2) is 5.82 Å². The molecule has 6 nitrogen and oxygen atoms in total. The lowest BCUT2D eigenvalue weighted by Crippen LogP contribution is -2.17. The van der Waals surface area contributed by atoms with E-state index in [2.05, 4.69) is 5.10 Å². The summed E-state index contributed by atoms with van der Waals surface area (Å²) in [5, 5.41) is 4.40. The Bertz CT molecular complexity index is 683. The topological polar surface area (TPSA) is 87.2 Å². The van der Waals surface area contributed by atoms with Crippen molar-refractivity contribution in [2.45, 2.75) is 18.4 Å². The first-order chi connectivity index (χ1) is 10.6. The van der Waals surface area contributed by atoms with Crippen LogP contribution >= 0.6 is 11.8 Å². The van der Waals surface area contributed by atoms with Gasteiger partial charge in [0.25, 0.3) is 5.91 Å². The van der Waals surface area contributed by atoms with E-state index in [-0.39, 0.29) is 30.3 Å². The Labute approximate surface area is 132 Å². The van der Waals surface area contributed by atoms with Crippen LogP contribution in [0.4, 0.5) is 5.82 Å². The zero-order chi connectivity index (χ0) is 16.1. The molecule has 2 N–H and O–H groups in total. The molecule has 1 heterocycles. The minimum atomic E-state index is -0.567. The SMILES string of the molecule is CCOC(=O)c1c(N)nn(C(=O)Cc2ccccc2)c1SC. The molecule has 2 aromatic rings. The fourth-order valence-corrected chi connectivity index (χ4v) is 2.72. The Morgan fingerprint density at radius 3 is 2.59 bits per heavy atom. The number of ether oxygens (including phenoxy) is 1. The standard InChI is InChI=1S/C15H17N3O3S/c1-3-21-15(20)12-13(16)17-18(14(12)22-2)11(19)9-10-7-5-4-6-8-10/h4-8H,3,9H2,1-2H3,(H2,16,17). The van der Waals surface area contributed by atoms with Crippen LogP contribution in [0.25, 0.3) is 0 Å². The maximum atomic E-state index is 12.4. The molecule has 1 aromatic heterocycles. The van der Waals surface area contributed by atoms with Gasteiger partial charge in [-0.05, 0) is 18.7 Å². The number of nitrogens with two attached hydrogens (primary N) is 1. The second-order valence-corrected chi connectivity index (χ2v) is 5.25. The molecule has 0 bridgehead atoms. The number of anilines is 1. The number of esters is 1. The highest BCUT2D eigenvalue weighted by Crippen LogP contribution is 2.26. The Morgan fingerprint density at radius 1 is 1.32 bits per heavy atom. The van der Waals surface area contributed by atoms with E-state index < -0.39 is 5.97 Å². The van der Waals surface area contributed by atoms with Crippen LogP contribution in [0.5, 0.6) is 0 Å². The second-order valence-electron chi connectivity index (χ2n) is 4.46. The van der Waals surface area contributed by atoms with Crippen molar-refractivity contribution >= 4 is 29.5 Å². The van der Waals surface area contributed by atoms with Gasteiger partial charge in [-0.3, -0.25) is 4.79 Å². The summed E-state index contributed by atoms with van der Waals surface area (Å²) in [6.45, 7) is 1.94. The third kappa shape index (κ3) is 3.30. The summed E-state index contributed by atoms with van der Waals surface area (Å²) in [6.07, 6.45) is 1.93. The number of carbonyl (C=O) groups is 2. The van der Waals surface area contributed by atoms with E-state index in [0.29, 0.717) is 5.03 Å². The van der Waals surface area contributed by atoms with E-state index in [0.717, 1.165) is 5.56 Å². The predicted octanol–water partition coefficient (Wildman–Crippen LogP) is 2.25. The summed E-state index contributed by atoms with van der Waals surface area (Å²) >= 11 is 1.23. The highest BCUT2D eigenvalue weighted by molar-refractivity contribution is 7.98. The van der Waals surface area contributed by atoms with Gasteiger partial charge in [0.05, 0.1) is 13.0 Å². The van der Waals surface area contributed by atoms with Crippen molar-refractivity contribution < 1.29 is 14.3 Å². The normalized spacial score (nSPS) is 10.5. The fraction of sp³-hybridized carbons (Fsp3) is 0.267. The number of hydrogen-bond acceptors (Lipinski definition) is 6. The highest BCUT2D eigenvalue weighted by atomic mass is 32.2. The molecule has 0 aliphatic rings. The smallest absolute Gasteiger partial charge is 0.344 e. The minimum absolute atomic E-state index is 0.00390. The molecule has 22 heavy (non-hydrogen) atoms. The van der Waals surface area contributed by atoms with Gasteiger partial charge >= 0.3 is 5.97 Å². The van der Waals surface area contributed by atoms with E-state index in [9.17, 15) is 9.59 Å². The van der Waals surface area contributed by atoms with Gasteiger partial charge in [0.2, 0.25) is 0 Å².